The summed E-state index contributed by atoms with van der Waals surface area (Å²) in [4.78, 5) is 25.1. The summed E-state index contributed by atoms with van der Waals surface area (Å²) in [6.45, 7) is 0. The molecule has 4 aliphatic carbocycles. The molecule has 1 heterocycles. The van der Waals surface area contributed by atoms with Crippen molar-refractivity contribution in [1.82, 2.24) is 10.6 Å². The number of carbonyl (C=O) groups is 2. The molecule has 0 unspecified atom stereocenters. The van der Waals surface area contributed by atoms with Crippen molar-refractivity contribution in [1.29, 1.82) is 0 Å². The Bertz CT molecular complexity index is 714. The average Bonchev–Trinajstić information content (AvgIpc) is 3.39. The summed E-state index contributed by atoms with van der Waals surface area (Å²) in [6, 6.07) is 7.83. The Kier molecular flexibility index (Phi) is 2.97. The van der Waals surface area contributed by atoms with Crippen molar-refractivity contribution in [2.75, 3.05) is 0 Å². The summed E-state index contributed by atoms with van der Waals surface area (Å²) >= 11 is 0. The first-order valence-corrected chi connectivity index (χ1v) is 9.05. The SMILES string of the molecule is O=C1N[C@@]2(C[C@H]3CC[C@@H]2C[C@@H]3C(=O)NC2CC2)Oc2ccccc21. The van der Waals surface area contributed by atoms with Gasteiger partial charge in [0, 0.05) is 24.3 Å². The minimum absolute atomic E-state index is 0.0524. The van der Waals surface area contributed by atoms with Crippen LogP contribution in [0.3, 0.4) is 0 Å². The number of amides is 2. The third-order valence-corrected chi connectivity index (χ3v) is 6.23. The van der Waals surface area contributed by atoms with E-state index in [0.717, 1.165) is 38.5 Å². The van der Waals surface area contributed by atoms with Gasteiger partial charge in [0.1, 0.15) is 5.75 Å². The van der Waals surface area contributed by atoms with Crippen LogP contribution in [0.1, 0.15) is 48.9 Å². The van der Waals surface area contributed by atoms with Crippen molar-refractivity contribution in [2.24, 2.45) is 17.8 Å². The molecule has 6 rings (SSSR count). The first-order valence-electron chi connectivity index (χ1n) is 9.05. The standard InChI is InChI=1S/C19H22N2O3/c22-17(20-13-7-8-13)15-9-12-6-5-11(15)10-19(12)21-18(23)14-3-1-2-4-16(14)24-19/h1-4,11-13,15H,5-10H2,(H,20,22)(H,21,23)/t11-,12-,15+,19+/m1/s1. The van der Waals surface area contributed by atoms with Crippen LogP contribution in [0.25, 0.3) is 0 Å². The molecular formula is C19H22N2O3. The molecule has 2 N–H and O–H groups in total. The molecule has 2 amide bonds. The highest BCUT2D eigenvalue weighted by molar-refractivity contribution is 5.98. The Labute approximate surface area is 141 Å². The van der Waals surface area contributed by atoms with Gasteiger partial charge in [-0.05, 0) is 50.2 Å². The highest BCUT2D eigenvalue weighted by Gasteiger charge is 2.57. The van der Waals surface area contributed by atoms with E-state index in [2.05, 4.69) is 10.6 Å². The van der Waals surface area contributed by atoms with Crippen LogP contribution in [0.5, 0.6) is 5.75 Å². The first kappa shape index (κ1) is 14.3. The van der Waals surface area contributed by atoms with Crippen LogP contribution < -0.4 is 15.4 Å². The zero-order valence-electron chi connectivity index (χ0n) is 13.6. The van der Waals surface area contributed by atoms with E-state index in [9.17, 15) is 9.59 Å². The molecule has 1 aromatic rings. The maximum absolute atomic E-state index is 12.5. The lowest BCUT2D eigenvalue weighted by molar-refractivity contribution is -0.146. The van der Waals surface area contributed by atoms with E-state index in [-0.39, 0.29) is 23.7 Å². The van der Waals surface area contributed by atoms with Crippen molar-refractivity contribution in [3.63, 3.8) is 0 Å². The quantitative estimate of drug-likeness (QED) is 0.876. The molecular weight excluding hydrogens is 304 g/mol. The van der Waals surface area contributed by atoms with Gasteiger partial charge in [-0.25, -0.2) is 0 Å². The van der Waals surface area contributed by atoms with Crippen molar-refractivity contribution < 1.29 is 14.3 Å². The molecule has 4 saturated carbocycles. The maximum atomic E-state index is 12.5. The number of para-hydroxylation sites is 1. The number of fused-ring (bicyclic) bond motifs is 3. The van der Waals surface area contributed by atoms with Crippen LogP contribution in [-0.4, -0.2) is 23.6 Å². The lowest BCUT2D eigenvalue weighted by Crippen LogP contribution is -2.67. The fourth-order valence-electron chi connectivity index (χ4n) is 4.82. The third-order valence-electron chi connectivity index (χ3n) is 6.23. The molecule has 5 aliphatic rings. The number of nitrogens with one attached hydrogen (secondary N) is 2. The van der Waals surface area contributed by atoms with E-state index in [0.29, 0.717) is 23.3 Å². The molecule has 2 bridgehead atoms. The lowest BCUT2D eigenvalue weighted by Gasteiger charge is -2.55. The van der Waals surface area contributed by atoms with E-state index in [1.165, 1.54) is 0 Å². The molecule has 0 aromatic heterocycles. The van der Waals surface area contributed by atoms with Gasteiger partial charge in [-0.3, -0.25) is 9.59 Å². The Hall–Kier alpha value is -2.04. The van der Waals surface area contributed by atoms with Crippen LogP contribution >= 0.6 is 0 Å². The molecule has 5 nitrogen and oxygen atoms in total. The molecule has 1 aliphatic heterocycles. The largest absolute Gasteiger partial charge is 0.467 e. The number of carbonyl (C=O) groups excluding carboxylic acids is 2. The molecule has 126 valence electrons. The molecule has 5 heteroatoms. The second-order valence-electron chi connectivity index (χ2n) is 7.81. The number of hydrogen-bond donors (Lipinski definition) is 2. The second kappa shape index (κ2) is 4.98. The summed E-state index contributed by atoms with van der Waals surface area (Å²) in [5.74, 6) is 1.41. The minimum atomic E-state index is -0.620. The summed E-state index contributed by atoms with van der Waals surface area (Å²) in [5.41, 5.74) is -0.0161. The van der Waals surface area contributed by atoms with Gasteiger partial charge < -0.3 is 15.4 Å². The highest BCUT2D eigenvalue weighted by atomic mass is 16.5. The van der Waals surface area contributed by atoms with Crippen LogP contribution in [-0.2, 0) is 4.79 Å². The fourth-order valence-corrected chi connectivity index (χ4v) is 4.82. The van der Waals surface area contributed by atoms with Gasteiger partial charge in [0.25, 0.3) is 5.91 Å². The van der Waals surface area contributed by atoms with Crippen LogP contribution in [0.15, 0.2) is 24.3 Å². The molecule has 4 fully saturated rings. The van der Waals surface area contributed by atoms with Gasteiger partial charge in [0.15, 0.2) is 5.72 Å². The van der Waals surface area contributed by atoms with Crippen LogP contribution in [0.4, 0.5) is 0 Å². The number of ether oxygens (including phenoxy) is 1. The summed E-state index contributed by atoms with van der Waals surface area (Å²) < 4.78 is 6.32. The zero-order valence-corrected chi connectivity index (χ0v) is 13.6. The Morgan fingerprint density at radius 2 is 2.04 bits per heavy atom. The zero-order chi connectivity index (χ0) is 16.3. The monoisotopic (exact) mass is 326 g/mol. The predicted octanol–water partition coefficient (Wildman–Crippen LogP) is 2.22. The van der Waals surface area contributed by atoms with Gasteiger partial charge >= 0.3 is 0 Å². The summed E-state index contributed by atoms with van der Waals surface area (Å²) in [5, 5.41) is 6.30. The molecule has 0 radical (unpaired) electrons. The van der Waals surface area contributed by atoms with Crippen LogP contribution in [0, 0.1) is 17.8 Å². The van der Waals surface area contributed by atoms with Crippen molar-refractivity contribution in [3.8, 4) is 5.75 Å². The van der Waals surface area contributed by atoms with Gasteiger partial charge in [0.2, 0.25) is 5.91 Å². The molecule has 4 atom stereocenters. The Morgan fingerprint density at radius 3 is 2.79 bits per heavy atom. The highest BCUT2D eigenvalue weighted by Crippen LogP contribution is 2.52. The lowest BCUT2D eigenvalue weighted by atomic mass is 9.60. The molecule has 24 heavy (non-hydrogen) atoms. The van der Waals surface area contributed by atoms with Gasteiger partial charge in [-0.15, -0.1) is 0 Å². The second-order valence-corrected chi connectivity index (χ2v) is 7.81. The van der Waals surface area contributed by atoms with E-state index < -0.39 is 5.72 Å². The molecule has 1 spiro atoms. The van der Waals surface area contributed by atoms with Crippen molar-refractivity contribution in [2.45, 2.75) is 50.3 Å². The minimum Gasteiger partial charge on any atom is -0.467 e. The molecule has 1 aromatic carbocycles. The van der Waals surface area contributed by atoms with E-state index in [1.807, 2.05) is 18.2 Å². The van der Waals surface area contributed by atoms with Gasteiger partial charge in [-0.1, -0.05) is 12.1 Å². The normalized spacial score (nSPS) is 36.7. The molecule has 0 saturated heterocycles. The van der Waals surface area contributed by atoms with Crippen LogP contribution in [0.2, 0.25) is 0 Å². The number of rotatable bonds is 2. The fraction of sp³-hybridized carbons (Fsp3) is 0.579. The third kappa shape index (κ3) is 2.14. The maximum Gasteiger partial charge on any atom is 0.258 e. The van der Waals surface area contributed by atoms with E-state index in [4.69, 9.17) is 4.74 Å². The van der Waals surface area contributed by atoms with Crippen molar-refractivity contribution in [3.05, 3.63) is 29.8 Å². The average molecular weight is 326 g/mol. The van der Waals surface area contributed by atoms with Crippen molar-refractivity contribution >= 4 is 11.8 Å². The number of benzene rings is 1. The topological polar surface area (TPSA) is 67.4 Å². The number of hydrogen-bond acceptors (Lipinski definition) is 3. The summed E-state index contributed by atoms with van der Waals surface area (Å²) in [7, 11) is 0. The Morgan fingerprint density at radius 1 is 1.21 bits per heavy atom. The van der Waals surface area contributed by atoms with E-state index >= 15 is 0 Å². The van der Waals surface area contributed by atoms with E-state index in [1.54, 1.807) is 6.07 Å². The first-order chi connectivity index (χ1) is 11.6. The predicted molar refractivity (Wildman–Crippen MR) is 87.4 cm³/mol. The van der Waals surface area contributed by atoms with Gasteiger partial charge in [0.05, 0.1) is 5.56 Å². The smallest absolute Gasteiger partial charge is 0.258 e. The Balaban J connectivity index is 1.40. The van der Waals surface area contributed by atoms with Gasteiger partial charge in [-0.2, -0.15) is 0 Å². The summed E-state index contributed by atoms with van der Waals surface area (Å²) in [6.07, 6.45) is 5.85.